The number of hydrogen-bond acceptors (Lipinski definition) is 4. The monoisotopic (exact) mass is 279 g/mol. The number of hydrogen-bond donors (Lipinski definition) is 1. The van der Waals surface area contributed by atoms with E-state index in [9.17, 15) is 9.59 Å². The summed E-state index contributed by atoms with van der Waals surface area (Å²) in [4.78, 5) is 25.0. The number of aryl methyl sites for hydroxylation is 1. The molecular weight excluding hydrogens is 258 g/mol. The first-order valence-electron chi connectivity index (χ1n) is 6.96. The molecule has 0 aliphatic carbocycles. The summed E-state index contributed by atoms with van der Waals surface area (Å²) in [7, 11) is 0. The predicted octanol–water partition coefficient (Wildman–Crippen LogP) is -0.0388. The molecule has 2 heterocycles. The van der Waals surface area contributed by atoms with Crippen molar-refractivity contribution in [2.75, 3.05) is 19.6 Å². The van der Waals surface area contributed by atoms with E-state index in [2.05, 4.69) is 15.6 Å². The summed E-state index contributed by atoms with van der Waals surface area (Å²) in [5, 5.41) is 10.7. The van der Waals surface area contributed by atoms with Gasteiger partial charge in [-0.1, -0.05) is 5.21 Å². The summed E-state index contributed by atoms with van der Waals surface area (Å²) in [5.74, 6) is 0.179. The molecule has 2 amide bonds. The first-order chi connectivity index (χ1) is 9.56. The van der Waals surface area contributed by atoms with Crippen LogP contribution in [0.1, 0.15) is 25.5 Å². The van der Waals surface area contributed by atoms with Crippen molar-refractivity contribution in [3.8, 4) is 0 Å². The molecule has 1 N–H and O–H groups in total. The van der Waals surface area contributed by atoms with E-state index in [1.165, 1.54) is 0 Å². The second-order valence-corrected chi connectivity index (χ2v) is 5.19. The summed E-state index contributed by atoms with van der Waals surface area (Å²) in [6, 6.07) is 0. The highest BCUT2D eigenvalue weighted by Crippen LogP contribution is 2.17. The molecule has 1 aliphatic rings. The average Bonchev–Trinajstić information content (AvgIpc) is 2.84. The van der Waals surface area contributed by atoms with E-state index in [4.69, 9.17) is 0 Å². The third-order valence-electron chi connectivity index (χ3n) is 3.60. The van der Waals surface area contributed by atoms with Crippen molar-refractivity contribution in [2.45, 2.75) is 33.2 Å². The van der Waals surface area contributed by atoms with Crippen LogP contribution < -0.4 is 5.32 Å². The van der Waals surface area contributed by atoms with Crippen LogP contribution in [0.5, 0.6) is 0 Å². The Morgan fingerprint density at radius 1 is 1.40 bits per heavy atom. The molecule has 1 aliphatic heterocycles. The molecule has 2 rings (SSSR count). The maximum Gasteiger partial charge on any atom is 0.223 e. The lowest BCUT2D eigenvalue weighted by molar-refractivity contribution is -0.133. The van der Waals surface area contributed by atoms with Crippen LogP contribution in [0.25, 0.3) is 0 Å². The first-order valence-corrected chi connectivity index (χ1v) is 6.96. The summed E-state index contributed by atoms with van der Waals surface area (Å²) in [6.45, 7) is 5.98. The SMILES string of the molecule is CC(=O)N1CCC(C(=O)NCCn2cc(C)nn2)CC1. The molecule has 7 nitrogen and oxygen atoms in total. The lowest BCUT2D eigenvalue weighted by atomic mass is 9.96. The van der Waals surface area contributed by atoms with E-state index >= 15 is 0 Å². The Morgan fingerprint density at radius 2 is 2.10 bits per heavy atom. The second kappa shape index (κ2) is 6.49. The van der Waals surface area contributed by atoms with Crippen LogP contribution in [-0.4, -0.2) is 51.3 Å². The molecule has 0 unspecified atom stereocenters. The minimum atomic E-state index is 0.0167. The zero-order chi connectivity index (χ0) is 14.5. The third-order valence-corrected chi connectivity index (χ3v) is 3.60. The van der Waals surface area contributed by atoms with Gasteiger partial charge in [-0.15, -0.1) is 5.10 Å². The number of aromatic nitrogens is 3. The van der Waals surface area contributed by atoms with E-state index in [1.807, 2.05) is 13.1 Å². The van der Waals surface area contributed by atoms with Crippen molar-refractivity contribution in [2.24, 2.45) is 5.92 Å². The van der Waals surface area contributed by atoms with Crippen LogP contribution in [0.4, 0.5) is 0 Å². The van der Waals surface area contributed by atoms with Gasteiger partial charge in [0.25, 0.3) is 0 Å². The van der Waals surface area contributed by atoms with Gasteiger partial charge in [0.1, 0.15) is 0 Å². The molecule has 1 saturated heterocycles. The Balaban J connectivity index is 1.69. The fourth-order valence-corrected chi connectivity index (χ4v) is 2.40. The number of carbonyl (C=O) groups excluding carboxylic acids is 2. The van der Waals surface area contributed by atoms with Crippen molar-refractivity contribution in [3.05, 3.63) is 11.9 Å². The number of nitrogens with zero attached hydrogens (tertiary/aromatic N) is 4. The zero-order valence-corrected chi connectivity index (χ0v) is 12.0. The molecule has 110 valence electrons. The van der Waals surface area contributed by atoms with E-state index in [1.54, 1.807) is 16.5 Å². The molecule has 7 heteroatoms. The van der Waals surface area contributed by atoms with Gasteiger partial charge in [0.2, 0.25) is 11.8 Å². The molecule has 1 aromatic heterocycles. The van der Waals surface area contributed by atoms with Crippen LogP contribution in [0.2, 0.25) is 0 Å². The number of rotatable bonds is 4. The largest absolute Gasteiger partial charge is 0.354 e. The van der Waals surface area contributed by atoms with Crippen LogP contribution in [0.15, 0.2) is 6.20 Å². The number of carbonyl (C=O) groups is 2. The third kappa shape index (κ3) is 3.79. The van der Waals surface area contributed by atoms with Gasteiger partial charge in [-0.2, -0.15) is 0 Å². The highest BCUT2D eigenvalue weighted by Gasteiger charge is 2.25. The van der Waals surface area contributed by atoms with Crippen LogP contribution in [0, 0.1) is 12.8 Å². The van der Waals surface area contributed by atoms with Crippen molar-refractivity contribution in [1.29, 1.82) is 0 Å². The minimum Gasteiger partial charge on any atom is -0.354 e. The van der Waals surface area contributed by atoms with E-state index in [-0.39, 0.29) is 17.7 Å². The predicted molar refractivity (Wildman–Crippen MR) is 72.7 cm³/mol. The highest BCUT2D eigenvalue weighted by molar-refractivity contribution is 5.79. The molecule has 1 aromatic rings. The summed E-state index contributed by atoms with van der Waals surface area (Å²) in [5.41, 5.74) is 0.868. The van der Waals surface area contributed by atoms with Gasteiger partial charge in [0.05, 0.1) is 12.2 Å². The fourth-order valence-electron chi connectivity index (χ4n) is 2.40. The maximum absolute atomic E-state index is 12.0. The number of piperidine rings is 1. The van der Waals surface area contributed by atoms with Crippen LogP contribution >= 0.6 is 0 Å². The lowest BCUT2D eigenvalue weighted by Crippen LogP contribution is -2.42. The van der Waals surface area contributed by atoms with Gasteiger partial charge < -0.3 is 10.2 Å². The standard InChI is InChI=1S/C13H21N5O2/c1-10-9-18(16-15-10)8-5-14-13(20)12-3-6-17(7-4-12)11(2)19/h9,12H,3-8H2,1-2H3,(H,14,20). The van der Waals surface area contributed by atoms with E-state index in [0.717, 1.165) is 18.5 Å². The van der Waals surface area contributed by atoms with Crippen LogP contribution in [-0.2, 0) is 16.1 Å². The van der Waals surface area contributed by atoms with Gasteiger partial charge in [0.15, 0.2) is 0 Å². The van der Waals surface area contributed by atoms with Crippen molar-refractivity contribution in [3.63, 3.8) is 0 Å². The quantitative estimate of drug-likeness (QED) is 0.838. The van der Waals surface area contributed by atoms with Crippen molar-refractivity contribution < 1.29 is 9.59 Å². The van der Waals surface area contributed by atoms with E-state index < -0.39 is 0 Å². The summed E-state index contributed by atoms with van der Waals surface area (Å²) < 4.78 is 1.72. The molecular formula is C13H21N5O2. The van der Waals surface area contributed by atoms with Gasteiger partial charge >= 0.3 is 0 Å². The maximum atomic E-state index is 12.0. The van der Waals surface area contributed by atoms with Crippen LogP contribution in [0.3, 0.4) is 0 Å². The molecule has 0 saturated carbocycles. The number of amides is 2. The Kier molecular flexibility index (Phi) is 4.70. The van der Waals surface area contributed by atoms with Gasteiger partial charge in [-0.3, -0.25) is 14.3 Å². The Hall–Kier alpha value is -1.92. The molecule has 0 radical (unpaired) electrons. The molecule has 20 heavy (non-hydrogen) atoms. The Bertz CT molecular complexity index is 477. The Labute approximate surface area is 118 Å². The van der Waals surface area contributed by atoms with Gasteiger partial charge in [-0.25, -0.2) is 0 Å². The van der Waals surface area contributed by atoms with Crippen molar-refractivity contribution >= 4 is 11.8 Å². The highest BCUT2D eigenvalue weighted by atomic mass is 16.2. The first kappa shape index (κ1) is 14.5. The van der Waals surface area contributed by atoms with E-state index in [0.29, 0.717) is 26.2 Å². The smallest absolute Gasteiger partial charge is 0.223 e. The zero-order valence-electron chi connectivity index (χ0n) is 12.0. The summed E-state index contributed by atoms with van der Waals surface area (Å²) >= 11 is 0. The number of likely N-dealkylation sites (tertiary alicyclic amines) is 1. The second-order valence-electron chi connectivity index (χ2n) is 5.19. The molecule has 0 aromatic carbocycles. The molecule has 1 fully saturated rings. The minimum absolute atomic E-state index is 0.0167. The molecule has 0 spiro atoms. The average molecular weight is 279 g/mol. The fraction of sp³-hybridized carbons (Fsp3) is 0.692. The Morgan fingerprint density at radius 3 is 2.65 bits per heavy atom. The number of nitrogens with one attached hydrogen (secondary N) is 1. The van der Waals surface area contributed by atoms with Gasteiger partial charge in [-0.05, 0) is 19.8 Å². The molecule has 0 atom stereocenters. The van der Waals surface area contributed by atoms with Crippen molar-refractivity contribution in [1.82, 2.24) is 25.2 Å². The van der Waals surface area contributed by atoms with Gasteiger partial charge in [0, 0.05) is 38.7 Å². The topological polar surface area (TPSA) is 80.1 Å². The lowest BCUT2D eigenvalue weighted by Gasteiger charge is -2.30. The summed E-state index contributed by atoms with van der Waals surface area (Å²) in [6.07, 6.45) is 3.33. The molecule has 0 bridgehead atoms. The normalized spacial score (nSPS) is 16.2.